The minimum absolute atomic E-state index is 0. The van der Waals surface area contributed by atoms with E-state index in [1.807, 2.05) is 13.0 Å². The van der Waals surface area contributed by atoms with Crippen molar-refractivity contribution in [2.24, 2.45) is 0 Å². The summed E-state index contributed by atoms with van der Waals surface area (Å²) in [6, 6.07) is 1.76. The standard InChI is InChI=1S/C10H11Cl2N5S.CH4/c1-4(6-3-7(11)18-8(6)12)14-10-16-5(2)15-9(13)17-10;/h3-4H,1-2H3,(H3,13,14,15,16,17);1H4. The molecule has 0 aromatic carbocycles. The molecule has 2 heterocycles. The van der Waals surface area contributed by atoms with E-state index in [9.17, 15) is 0 Å². The Balaban J connectivity index is 0.00000180. The second-order valence-electron chi connectivity index (χ2n) is 3.71. The van der Waals surface area contributed by atoms with Crippen LogP contribution < -0.4 is 11.1 Å². The van der Waals surface area contributed by atoms with Crippen LogP contribution in [0.25, 0.3) is 0 Å². The summed E-state index contributed by atoms with van der Waals surface area (Å²) in [5.74, 6) is 1.17. The first-order valence-corrected chi connectivity index (χ1v) is 6.72. The van der Waals surface area contributed by atoms with E-state index in [0.29, 0.717) is 20.4 Å². The summed E-state index contributed by atoms with van der Waals surface area (Å²) in [6.45, 7) is 3.70. The summed E-state index contributed by atoms with van der Waals surface area (Å²) in [6.07, 6.45) is 0. The Morgan fingerprint density at radius 1 is 1.32 bits per heavy atom. The highest BCUT2D eigenvalue weighted by atomic mass is 35.5. The lowest BCUT2D eigenvalue weighted by molar-refractivity contribution is 0.852. The number of rotatable bonds is 3. The molecule has 0 spiro atoms. The van der Waals surface area contributed by atoms with Gasteiger partial charge in [-0.05, 0) is 19.9 Å². The number of nitrogen functional groups attached to an aromatic ring is 1. The van der Waals surface area contributed by atoms with Gasteiger partial charge < -0.3 is 11.1 Å². The van der Waals surface area contributed by atoms with Crippen molar-refractivity contribution in [2.75, 3.05) is 11.1 Å². The first-order valence-electron chi connectivity index (χ1n) is 5.15. The average Bonchev–Trinajstić information content (AvgIpc) is 2.56. The molecule has 0 saturated heterocycles. The van der Waals surface area contributed by atoms with Crippen LogP contribution in [0.15, 0.2) is 6.07 Å². The van der Waals surface area contributed by atoms with E-state index >= 15 is 0 Å². The van der Waals surface area contributed by atoms with Gasteiger partial charge in [-0.3, -0.25) is 0 Å². The van der Waals surface area contributed by atoms with Crippen LogP contribution in [0.1, 0.15) is 31.8 Å². The zero-order valence-corrected chi connectivity index (χ0v) is 12.1. The van der Waals surface area contributed by atoms with E-state index in [1.54, 1.807) is 6.92 Å². The molecular weight excluding hydrogens is 305 g/mol. The van der Waals surface area contributed by atoms with Gasteiger partial charge in [0.15, 0.2) is 0 Å². The highest BCUT2D eigenvalue weighted by Gasteiger charge is 2.14. The number of hydrogen-bond acceptors (Lipinski definition) is 6. The molecule has 1 atom stereocenters. The number of nitrogens with one attached hydrogen (secondary N) is 1. The number of anilines is 2. The van der Waals surface area contributed by atoms with E-state index in [1.165, 1.54) is 11.3 Å². The molecule has 0 saturated carbocycles. The third kappa shape index (κ3) is 3.92. The maximum Gasteiger partial charge on any atom is 0.228 e. The molecular formula is C11H15Cl2N5S. The molecule has 1 unspecified atom stereocenters. The van der Waals surface area contributed by atoms with Crippen LogP contribution in [-0.4, -0.2) is 15.0 Å². The maximum atomic E-state index is 6.08. The van der Waals surface area contributed by atoms with Gasteiger partial charge in [0.05, 0.1) is 14.7 Å². The van der Waals surface area contributed by atoms with Crippen molar-refractivity contribution in [3.63, 3.8) is 0 Å². The van der Waals surface area contributed by atoms with E-state index in [0.717, 1.165) is 5.56 Å². The van der Waals surface area contributed by atoms with Crippen LogP contribution in [-0.2, 0) is 0 Å². The Morgan fingerprint density at radius 3 is 2.53 bits per heavy atom. The molecule has 104 valence electrons. The Kier molecular flexibility index (Phi) is 5.34. The van der Waals surface area contributed by atoms with Crippen molar-refractivity contribution in [2.45, 2.75) is 27.3 Å². The van der Waals surface area contributed by atoms with Crippen LogP contribution in [0, 0.1) is 6.92 Å². The fraction of sp³-hybridized carbons (Fsp3) is 0.364. The molecule has 2 aromatic heterocycles. The summed E-state index contributed by atoms with van der Waals surface area (Å²) in [5, 5.41) is 3.12. The van der Waals surface area contributed by atoms with Crippen LogP contribution in [0.5, 0.6) is 0 Å². The second-order valence-corrected chi connectivity index (χ2v) is 6.00. The smallest absolute Gasteiger partial charge is 0.228 e. The number of aromatic nitrogens is 3. The van der Waals surface area contributed by atoms with Crippen LogP contribution in [0.4, 0.5) is 11.9 Å². The second kappa shape index (κ2) is 6.36. The fourth-order valence-corrected chi connectivity index (χ4v) is 3.13. The Morgan fingerprint density at radius 2 is 2.00 bits per heavy atom. The summed E-state index contributed by atoms with van der Waals surface area (Å²) in [5.41, 5.74) is 6.47. The van der Waals surface area contributed by atoms with Crippen molar-refractivity contribution in [3.05, 3.63) is 26.1 Å². The normalized spacial score (nSPS) is 11.8. The molecule has 3 N–H and O–H groups in total. The predicted octanol–water partition coefficient (Wildman–Crippen LogP) is 3.94. The lowest BCUT2D eigenvalue weighted by atomic mass is 10.2. The van der Waals surface area contributed by atoms with Gasteiger partial charge in [-0.25, -0.2) is 0 Å². The first kappa shape index (κ1) is 15.9. The summed E-state index contributed by atoms with van der Waals surface area (Å²) in [4.78, 5) is 12.1. The predicted molar refractivity (Wildman–Crippen MR) is 82.1 cm³/mol. The van der Waals surface area contributed by atoms with Gasteiger partial charge in [0.2, 0.25) is 11.9 Å². The molecule has 2 aromatic rings. The first-order chi connectivity index (χ1) is 8.45. The van der Waals surface area contributed by atoms with Gasteiger partial charge in [-0.1, -0.05) is 30.6 Å². The van der Waals surface area contributed by atoms with Crippen molar-refractivity contribution < 1.29 is 0 Å². The van der Waals surface area contributed by atoms with Crippen molar-refractivity contribution in [3.8, 4) is 0 Å². The molecule has 0 bridgehead atoms. The molecule has 0 radical (unpaired) electrons. The molecule has 0 fully saturated rings. The number of hydrogen-bond donors (Lipinski definition) is 2. The largest absolute Gasteiger partial charge is 0.368 e. The number of aryl methyl sites for hydroxylation is 1. The molecule has 5 nitrogen and oxygen atoms in total. The Hall–Kier alpha value is -1.11. The van der Waals surface area contributed by atoms with E-state index in [2.05, 4.69) is 20.3 Å². The van der Waals surface area contributed by atoms with Crippen LogP contribution in [0.3, 0.4) is 0 Å². The molecule has 0 aliphatic carbocycles. The van der Waals surface area contributed by atoms with Crippen molar-refractivity contribution in [1.29, 1.82) is 0 Å². The maximum absolute atomic E-state index is 6.08. The van der Waals surface area contributed by atoms with Crippen LogP contribution in [0.2, 0.25) is 8.67 Å². The zero-order valence-electron chi connectivity index (χ0n) is 9.74. The average molecular weight is 320 g/mol. The minimum atomic E-state index is -0.0672. The lowest BCUT2D eigenvalue weighted by Crippen LogP contribution is -2.11. The third-order valence-corrected chi connectivity index (χ3v) is 3.78. The topological polar surface area (TPSA) is 76.7 Å². The fourth-order valence-electron chi connectivity index (χ4n) is 1.49. The molecule has 0 aliphatic rings. The number of halogens is 2. The Labute approximate surface area is 126 Å². The number of nitrogens with two attached hydrogens (primary N) is 1. The summed E-state index contributed by atoms with van der Waals surface area (Å²) >= 11 is 13.3. The zero-order chi connectivity index (χ0) is 13.3. The van der Waals surface area contributed by atoms with Gasteiger partial charge in [0, 0.05) is 5.56 Å². The lowest BCUT2D eigenvalue weighted by Gasteiger charge is -2.13. The van der Waals surface area contributed by atoms with Gasteiger partial charge in [-0.15, -0.1) is 11.3 Å². The molecule has 0 amide bonds. The molecule has 0 aliphatic heterocycles. The quantitative estimate of drug-likeness (QED) is 0.896. The number of thiophene rings is 1. The highest BCUT2D eigenvalue weighted by Crippen LogP contribution is 2.35. The van der Waals surface area contributed by atoms with Gasteiger partial charge >= 0.3 is 0 Å². The summed E-state index contributed by atoms with van der Waals surface area (Å²) < 4.78 is 1.30. The minimum Gasteiger partial charge on any atom is -0.368 e. The molecule has 19 heavy (non-hydrogen) atoms. The van der Waals surface area contributed by atoms with E-state index < -0.39 is 0 Å². The number of nitrogens with zero attached hydrogens (tertiary/aromatic N) is 3. The molecule has 2 rings (SSSR count). The van der Waals surface area contributed by atoms with Gasteiger partial charge in [0.1, 0.15) is 5.82 Å². The van der Waals surface area contributed by atoms with Crippen molar-refractivity contribution in [1.82, 2.24) is 15.0 Å². The van der Waals surface area contributed by atoms with Crippen LogP contribution >= 0.6 is 34.5 Å². The SMILES string of the molecule is C.Cc1nc(N)nc(NC(C)c2cc(Cl)sc2Cl)n1. The Bertz CT molecular complexity index is 552. The molecule has 8 heteroatoms. The van der Waals surface area contributed by atoms with Gasteiger partial charge in [-0.2, -0.15) is 15.0 Å². The third-order valence-electron chi connectivity index (χ3n) is 2.26. The monoisotopic (exact) mass is 319 g/mol. The van der Waals surface area contributed by atoms with E-state index in [4.69, 9.17) is 28.9 Å². The summed E-state index contributed by atoms with van der Waals surface area (Å²) in [7, 11) is 0. The highest BCUT2D eigenvalue weighted by molar-refractivity contribution is 7.20. The van der Waals surface area contributed by atoms with Gasteiger partial charge in [0.25, 0.3) is 0 Å². The van der Waals surface area contributed by atoms with Crippen molar-refractivity contribution >= 4 is 46.4 Å². The van der Waals surface area contributed by atoms with E-state index in [-0.39, 0.29) is 19.4 Å².